The highest BCUT2D eigenvalue weighted by Crippen LogP contribution is 2.29. The van der Waals surface area contributed by atoms with Gasteiger partial charge in [-0.25, -0.2) is 9.98 Å². The molecule has 2 aromatic carbocycles. The van der Waals surface area contributed by atoms with Crippen LogP contribution >= 0.6 is 0 Å². The van der Waals surface area contributed by atoms with Gasteiger partial charge in [0.1, 0.15) is 0 Å². The van der Waals surface area contributed by atoms with Crippen molar-refractivity contribution in [2.24, 2.45) is 4.99 Å². The number of fused-ring (bicyclic) bond motifs is 2. The van der Waals surface area contributed by atoms with Crippen molar-refractivity contribution in [3.8, 4) is 0 Å². The number of aromatic nitrogens is 1. The lowest BCUT2D eigenvalue weighted by molar-refractivity contribution is 1.16. The molecule has 0 N–H and O–H groups in total. The van der Waals surface area contributed by atoms with Gasteiger partial charge in [0.05, 0.1) is 22.6 Å². The van der Waals surface area contributed by atoms with Crippen molar-refractivity contribution in [3.05, 3.63) is 84.1 Å². The highest BCUT2D eigenvalue weighted by molar-refractivity contribution is 6.14. The molecule has 1 aromatic heterocycles. The van der Waals surface area contributed by atoms with Crippen LogP contribution in [0.5, 0.6) is 0 Å². The molecule has 0 radical (unpaired) electrons. The first-order chi connectivity index (χ1) is 10.3. The maximum Gasteiger partial charge on any atom is 0.0923 e. The summed E-state index contributed by atoms with van der Waals surface area (Å²) >= 11 is 0. The van der Waals surface area contributed by atoms with Crippen LogP contribution in [-0.2, 0) is 6.42 Å². The highest BCUT2D eigenvalue weighted by atomic mass is 14.8. The molecule has 100 valence electrons. The lowest BCUT2D eigenvalue weighted by Crippen LogP contribution is -2.12. The van der Waals surface area contributed by atoms with E-state index in [1.807, 2.05) is 42.5 Å². The van der Waals surface area contributed by atoms with Gasteiger partial charge in [0.25, 0.3) is 0 Å². The Balaban J connectivity index is 1.88. The molecule has 0 saturated heterocycles. The standard InChI is InChI=1S/C19H14N2/c1-13-12-15-7-3-5-9-17(15)21-19(13)18-11-10-14-6-2-4-8-16(14)20-18/h2-11H,1,12H2. The van der Waals surface area contributed by atoms with Gasteiger partial charge in [-0.3, -0.25) is 0 Å². The van der Waals surface area contributed by atoms with Crippen LogP contribution in [0, 0.1) is 0 Å². The molecule has 0 bridgehead atoms. The molecular weight excluding hydrogens is 256 g/mol. The molecule has 2 heteroatoms. The summed E-state index contributed by atoms with van der Waals surface area (Å²) < 4.78 is 0. The first-order valence-electron chi connectivity index (χ1n) is 7.02. The van der Waals surface area contributed by atoms with Crippen molar-refractivity contribution < 1.29 is 0 Å². The van der Waals surface area contributed by atoms with E-state index in [-0.39, 0.29) is 0 Å². The molecule has 1 aliphatic rings. The number of aliphatic imine (C=N–C) groups is 1. The van der Waals surface area contributed by atoms with Crippen LogP contribution in [0.15, 0.2) is 77.8 Å². The Morgan fingerprint density at radius 3 is 2.62 bits per heavy atom. The molecule has 0 atom stereocenters. The van der Waals surface area contributed by atoms with Gasteiger partial charge in [0.2, 0.25) is 0 Å². The summed E-state index contributed by atoms with van der Waals surface area (Å²) in [5.74, 6) is 0. The second-order valence-electron chi connectivity index (χ2n) is 5.26. The van der Waals surface area contributed by atoms with Gasteiger partial charge < -0.3 is 0 Å². The van der Waals surface area contributed by atoms with Crippen molar-refractivity contribution in [2.45, 2.75) is 6.42 Å². The Morgan fingerprint density at radius 2 is 1.67 bits per heavy atom. The SMILES string of the molecule is C=C1Cc2ccccc2N=C1c1ccc2ccccc2n1. The molecule has 0 fully saturated rings. The predicted octanol–water partition coefficient (Wildman–Crippen LogP) is 4.47. The summed E-state index contributed by atoms with van der Waals surface area (Å²) in [7, 11) is 0. The fourth-order valence-electron chi connectivity index (χ4n) is 2.72. The number of hydrogen-bond acceptors (Lipinski definition) is 2. The lowest BCUT2D eigenvalue weighted by Gasteiger charge is -2.17. The van der Waals surface area contributed by atoms with E-state index in [0.29, 0.717) is 0 Å². The van der Waals surface area contributed by atoms with Crippen LogP contribution in [-0.4, -0.2) is 10.7 Å². The van der Waals surface area contributed by atoms with E-state index in [2.05, 4.69) is 24.8 Å². The van der Waals surface area contributed by atoms with Crippen LogP contribution in [0.3, 0.4) is 0 Å². The van der Waals surface area contributed by atoms with Gasteiger partial charge >= 0.3 is 0 Å². The number of rotatable bonds is 1. The highest BCUT2D eigenvalue weighted by Gasteiger charge is 2.17. The van der Waals surface area contributed by atoms with Crippen molar-refractivity contribution in [1.82, 2.24) is 4.98 Å². The Morgan fingerprint density at radius 1 is 0.857 bits per heavy atom. The smallest absolute Gasteiger partial charge is 0.0923 e. The molecule has 0 aliphatic carbocycles. The number of para-hydroxylation sites is 2. The summed E-state index contributed by atoms with van der Waals surface area (Å²) in [4.78, 5) is 9.49. The van der Waals surface area contributed by atoms with E-state index >= 15 is 0 Å². The fourth-order valence-corrected chi connectivity index (χ4v) is 2.72. The molecule has 2 nitrogen and oxygen atoms in total. The largest absolute Gasteiger partial charge is 0.246 e. The Bertz CT molecular complexity index is 891. The molecule has 0 unspecified atom stereocenters. The lowest BCUT2D eigenvalue weighted by atomic mass is 9.95. The fraction of sp³-hybridized carbons (Fsp3) is 0.0526. The Hall–Kier alpha value is -2.74. The number of hydrogen-bond donors (Lipinski definition) is 0. The van der Waals surface area contributed by atoms with Crippen molar-refractivity contribution in [1.29, 1.82) is 0 Å². The molecule has 0 amide bonds. The van der Waals surface area contributed by atoms with Crippen molar-refractivity contribution >= 4 is 22.3 Å². The summed E-state index contributed by atoms with van der Waals surface area (Å²) in [5.41, 5.74) is 6.07. The average molecular weight is 270 g/mol. The zero-order valence-electron chi connectivity index (χ0n) is 11.6. The zero-order valence-corrected chi connectivity index (χ0v) is 11.6. The number of nitrogens with zero attached hydrogens (tertiary/aromatic N) is 2. The molecule has 2 heterocycles. The minimum absolute atomic E-state index is 0.837. The molecule has 3 aromatic rings. The third-order valence-corrected chi connectivity index (χ3v) is 3.80. The number of pyridine rings is 1. The van der Waals surface area contributed by atoms with E-state index in [0.717, 1.165) is 40.0 Å². The minimum atomic E-state index is 0.837. The van der Waals surface area contributed by atoms with Crippen LogP contribution in [0.25, 0.3) is 10.9 Å². The normalized spacial score (nSPS) is 13.9. The topological polar surface area (TPSA) is 25.2 Å². The van der Waals surface area contributed by atoms with Gasteiger partial charge in [-0.15, -0.1) is 0 Å². The zero-order chi connectivity index (χ0) is 14.2. The molecule has 0 saturated carbocycles. The molecular formula is C19H14N2. The van der Waals surface area contributed by atoms with Gasteiger partial charge in [0, 0.05) is 11.8 Å². The molecule has 1 aliphatic heterocycles. The first kappa shape index (κ1) is 12.0. The van der Waals surface area contributed by atoms with Crippen molar-refractivity contribution in [3.63, 3.8) is 0 Å². The number of allylic oxidation sites excluding steroid dienone is 1. The third kappa shape index (κ3) is 2.05. The number of benzene rings is 2. The van der Waals surface area contributed by atoms with Gasteiger partial charge in [-0.1, -0.05) is 49.0 Å². The second-order valence-corrected chi connectivity index (χ2v) is 5.26. The predicted molar refractivity (Wildman–Crippen MR) is 87.2 cm³/mol. The van der Waals surface area contributed by atoms with Gasteiger partial charge in [-0.05, 0) is 29.3 Å². The van der Waals surface area contributed by atoms with Crippen LogP contribution in [0.4, 0.5) is 5.69 Å². The monoisotopic (exact) mass is 270 g/mol. The molecule has 0 spiro atoms. The van der Waals surface area contributed by atoms with E-state index in [4.69, 9.17) is 9.98 Å². The molecule has 4 rings (SSSR count). The van der Waals surface area contributed by atoms with Crippen molar-refractivity contribution in [2.75, 3.05) is 0 Å². The van der Waals surface area contributed by atoms with E-state index in [1.54, 1.807) is 0 Å². The molecule has 21 heavy (non-hydrogen) atoms. The van der Waals surface area contributed by atoms with E-state index < -0.39 is 0 Å². The maximum atomic E-state index is 4.76. The van der Waals surface area contributed by atoms with Crippen LogP contribution in [0.1, 0.15) is 11.3 Å². The van der Waals surface area contributed by atoms with Gasteiger partial charge in [0.15, 0.2) is 0 Å². The van der Waals surface area contributed by atoms with Crippen LogP contribution < -0.4 is 0 Å². The Kier molecular flexibility index (Phi) is 2.68. The Labute approximate surface area is 123 Å². The maximum absolute atomic E-state index is 4.76. The summed E-state index contributed by atoms with van der Waals surface area (Å²) in [6.45, 7) is 4.18. The summed E-state index contributed by atoms with van der Waals surface area (Å²) in [6.07, 6.45) is 0.837. The van der Waals surface area contributed by atoms with E-state index in [9.17, 15) is 0 Å². The summed E-state index contributed by atoms with van der Waals surface area (Å²) in [5, 5.41) is 1.14. The second kappa shape index (κ2) is 4.67. The average Bonchev–Trinajstić information content (AvgIpc) is 2.54. The first-order valence-corrected chi connectivity index (χ1v) is 7.02. The van der Waals surface area contributed by atoms with Crippen LogP contribution in [0.2, 0.25) is 0 Å². The van der Waals surface area contributed by atoms with E-state index in [1.165, 1.54) is 5.56 Å². The minimum Gasteiger partial charge on any atom is -0.246 e. The van der Waals surface area contributed by atoms with Gasteiger partial charge in [-0.2, -0.15) is 0 Å². The quantitative estimate of drug-likeness (QED) is 0.640. The summed E-state index contributed by atoms with van der Waals surface area (Å²) in [6, 6.07) is 20.5. The third-order valence-electron chi connectivity index (χ3n) is 3.80.